The Morgan fingerprint density at radius 2 is 2.05 bits per heavy atom. The Morgan fingerprint density at radius 3 is 2.70 bits per heavy atom. The number of nitrogen functional groups attached to an aromatic ring is 1. The number of hydrogen-bond acceptors (Lipinski definition) is 3. The Hall–Kier alpha value is -0.590. The average molecular weight is 361 g/mol. The van der Waals surface area contributed by atoms with Gasteiger partial charge in [-0.15, -0.1) is 0 Å². The van der Waals surface area contributed by atoms with E-state index in [9.17, 15) is 8.42 Å². The van der Waals surface area contributed by atoms with Crippen LogP contribution in [0.2, 0.25) is 0 Å². The number of hydrogen-bond donors (Lipinski definition) is 2. The summed E-state index contributed by atoms with van der Waals surface area (Å²) in [6.07, 6.45) is 5.32. The van der Waals surface area contributed by atoms with Gasteiger partial charge in [-0.3, -0.25) is 0 Å². The van der Waals surface area contributed by atoms with Gasteiger partial charge in [0.05, 0.1) is 4.90 Å². The lowest BCUT2D eigenvalue weighted by Crippen LogP contribution is -2.41. The van der Waals surface area contributed by atoms with Crippen molar-refractivity contribution < 1.29 is 8.42 Å². The van der Waals surface area contributed by atoms with E-state index in [1.807, 2.05) is 0 Å². The number of nitrogens with one attached hydrogen (secondary N) is 1. The van der Waals surface area contributed by atoms with E-state index in [1.54, 1.807) is 18.2 Å². The lowest BCUT2D eigenvalue weighted by molar-refractivity contribution is 0.282. The second-order valence-electron chi connectivity index (χ2n) is 5.37. The Balaban J connectivity index is 2.22. The Bertz CT molecular complexity index is 575. The number of anilines is 1. The third-order valence-electron chi connectivity index (χ3n) is 3.99. The number of rotatable bonds is 4. The molecule has 0 amide bonds. The van der Waals surface area contributed by atoms with E-state index in [0.29, 0.717) is 16.1 Å². The summed E-state index contributed by atoms with van der Waals surface area (Å²) in [5.41, 5.74) is 6.19. The monoisotopic (exact) mass is 360 g/mol. The molecule has 2 unspecified atom stereocenters. The first-order valence-electron chi connectivity index (χ1n) is 7.01. The molecule has 2 rings (SSSR count). The van der Waals surface area contributed by atoms with E-state index in [1.165, 1.54) is 6.42 Å². The molecule has 1 aromatic rings. The predicted molar refractivity (Wildman–Crippen MR) is 84.9 cm³/mol. The van der Waals surface area contributed by atoms with Crippen molar-refractivity contribution in [3.05, 3.63) is 22.7 Å². The highest BCUT2D eigenvalue weighted by Gasteiger charge is 2.29. The minimum Gasteiger partial charge on any atom is -0.399 e. The van der Waals surface area contributed by atoms with Gasteiger partial charge in [-0.25, -0.2) is 13.1 Å². The van der Waals surface area contributed by atoms with Crippen molar-refractivity contribution in [2.45, 2.75) is 50.0 Å². The van der Waals surface area contributed by atoms with Gasteiger partial charge in [0.15, 0.2) is 0 Å². The minimum absolute atomic E-state index is 0.0446. The first kappa shape index (κ1) is 15.8. The molecule has 112 valence electrons. The lowest BCUT2D eigenvalue weighted by Gasteiger charge is -2.31. The van der Waals surface area contributed by atoms with Crippen LogP contribution >= 0.6 is 15.9 Å². The summed E-state index contributed by atoms with van der Waals surface area (Å²) in [7, 11) is -3.50. The average Bonchev–Trinajstić information content (AvgIpc) is 2.38. The molecule has 1 aliphatic rings. The maximum absolute atomic E-state index is 12.5. The molecule has 3 N–H and O–H groups in total. The molecule has 20 heavy (non-hydrogen) atoms. The van der Waals surface area contributed by atoms with Crippen molar-refractivity contribution in [2.75, 3.05) is 5.73 Å². The van der Waals surface area contributed by atoms with Gasteiger partial charge in [-0.05, 0) is 52.9 Å². The van der Waals surface area contributed by atoms with E-state index in [0.717, 1.165) is 25.7 Å². The van der Waals surface area contributed by atoms with Crippen LogP contribution in [0.15, 0.2) is 27.6 Å². The molecule has 0 aliphatic heterocycles. The van der Waals surface area contributed by atoms with Crippen LogP contribution in [0.1, 0.15) is 39.0 Å². The van der Waals surface area contributed by atoms with E-state index >= 15 is 0 Å². The molecule has 0 radical (unpaired) electrons. The largest absolute Gasteiger partial charge is 0.399 e. The second kappa shape index (κ2) is 6.45. The van der Waals surface area contributed by atoms with Gasteiger partial charge in [-0.2, -0.15) is 0 Å². The molecule has 1 aliphatic carbocycles. The Kier molecular flexibility index (Phi) is 5.09. The molecule has 0 bridgehead atoms. The molecule has 0 heterocycles. The SMILES string of the molecule is CCC1CCCCC1NS(=O)(=O)c1ccc(N)cc1Br. The standard InChI is InChI=1S/C14H21BrN2O2S/c1-2-10-5-3-4-6-13(10)17-20(18,19)14-8-7-11(16)9-12(14)15/h7-10,13,17H,2-6,16H2,1H3. The van der Waals surface area contributed by atoms with Crippen LogP contribution in [0.4, 0.5) is 5.69 Å². The van der Waals surface area contributed by atoms with Gasteiger partial charge in [0.2, 0.25) is 10.0 Å². The molecule has 1 aromatic carbocycles. The third kappa shape index (κ3) is 3.54. The van der Waals surface area contributed by atoms with Crippen LogP contribution in [-0.2, 0) is 10.0 Å². The van der Waals surface area contributed by atoms with Crippen molar-refractivity contribution in [1.29, 1.82) is 0 Å². The molecule has 1 fully saturated rings. The molecule has 0 aromatic heterocycles. The molecule has 6 heteroatoms. The number of nitrogens with two attached hydrogens (primary N) is 1. The van der Waals surface area contributed by atoms with E-state index in [4.69, 9.17) is 5.73 Å². The van der Waals surface area contributed by atoms with Crippen LogP contribution in [-0.4, -0.2) is 14.5 Å². The summed E-state index contributed by atoms with van der Waals surface area (Å²) in [6.45, 7) is 2.12. The maximum Gasteiger partial charge on any atom is 0.241 e. The summed E-state index contributed by atoms with van der Waals surface area (Å²) in [5, 5.41) is 0. The third-order valence-corrected chi connectivity index (χ3v) is 6.45. The minimum atomic E-state index is -3.50. The van der Waals surface area contributed by atoms with Gasteiger partial charge in [0.1, 0.15) is 0 Å². The number of halogens is 1. The van der Waals surface area contributed by atoms with E-state index in [-0.39, 0.29) is 10.9 Å². The number of sulfonamides is 1. The highest BCUT2D eigenvalue weighted by atomic mass is 79.9. The molecular weight excluding hydrogens is 340 g/mol. The van der Waals surface area contributed by atoms with E-state index in [2.05, 4.69) is 27.6 Å². The van der Waals surface area contributed by atoms with Crippen LogP contribution in [0.25, 0.3) is 0 Å². The first-order chi connectivity index (χ1) is 9.44. The fourth-order valence-corrected chi connectivity index (χ4v) is 5.28. The number of benzene rings is 1. The molecular formula is C14H21BrN2O2S. The van der Waals surface area contributed by atoms with Crippen LogP contribution in [0, 0.1) is 5.92 Å². The smallest absolute Gasteiger partial charge is 0.241 e. The summed E-state index contributed by atoms with van der Waals surface area (Å²) >= 11 is 3.28. The van der Waals surface area contributed by atoms with Gasteiger partial charge < -0.3 is 5.73 Å². The fourth-order valence-electron chi connectivity index (χ4n) is 2.85. The summed E-state index contributed by atoms with van der Waals surface area (Å²) in [5.74, 6) is 0.436. The van der Waals surface area contributed by atoms with Gasteiger partial charge in [0, 0.05) is 16.2 Å². The highest BCUT2D eigenvalue weighted by molar-refractivity contribution is 9.10. The van der Waals surface area contributed by atoms with E-state index < -0.39 is 10.0 Å². The topological polar surface area (TPSA) is 72.2 Å². The Labute approximate surface area is 129 Å². The molecule has 2 atom stereocenters. The normalized spacial score (nSPS) is 23.7. The fraction of sp³-hybridized carbons (Fsp3) is 0.571. The molecule has 1 saturated carbocycles. The summed E-state index contributed by atoms with van der Waals surface area (Å²) in [6, 6.07) is 4.82. The van der Waals surface area contributed by atoms with Gasteiger partial charge in [-0.1, -0.05) is 26.2 Å². The quantitative estimate of drug-likeness (QED) is 0.809. The Morgan fingerprint density at radius 1 is 1.35 bits per heavy atom. The van der Waals surface area contributed by atoms with Crippen molar-refractivity contribution in [3.63, 3.8) is 0 Å². The molecule has 4 nitrogen and oxygen atoms in total. The predicted octanol–water partition coefficient (Wildman–Crippen LogP) is 3.28. The van der Waals surface area contributed by atoms with Gasteiger partial charge in [0.25, 0.3) is 0 Å². The van der Waals surface area contributed by atoms with Crippen molar-refractivity contribution in [3.8, 4) is 0 Å². The zero-order valence-corrected chi connectivity index (χ0v) is 14.0. The van der Waals surface area contributed by atoms with Crippen LogP contribution < -0.4 is 10.5 Å². The highest BCUT2D eigenvalue weighted by Crippen LogP contribution is 2.30. The van der Waals surface area contributed by atoms with Crippen molar-refractivity contribution >= 4 is 31.6 Å². The van der Waals surface area contributed by atoms with Crippen molar-refractivity contribution in [1.82, 2.24) is 4.72 Å². The van der Waals surface area contributed by atoms with Crippen LogP contribution in [0.3, 0.4) is 0 Å². The zero-order chi connectivity index (χ0) is 14.8. The lowest BCUT2D eigenvalue weighted by atomic mass is 9.83. The summed E-state index contributed by atoms with van der Waals surface area (Å²) in [4.78, 5) is 0.257. The molecule has 0 saturated heterocycles. The van der Waals surface area contributed by atoms with Crippen LogP contribution in [0.5, 0.6) is 0 Å². The maximum atomic E-state index is 12.5. The first-order valence-corrected chi connectivity index (χ1v) is 9.29. The molecule has 0 spiro atoms. The van der Waals surface area contributed by atoms with Crippen molar-refractivity contribution in [2.24, 2.45) is 5.92 Å². The second-order valence-corrected chi connectivity index (χ2v) is 7.91. The zero-order valence-electron chi connectivity index (χ0n) is 11.6. The van der Waals surface area contributed by atoms with Gasteiger partial charge >= 0.3 is 0 Å². The summed E-state index contributed by atoms with van der Waals surface area (Å²) < 4.78 is 28.4.